The minimum absolute atomic E-state index is 0.0601. The van der Waals surface area contributed by atoms with Crippen molar-refractivity contribution in [1.82, 2.24) is 14.0 Å². The number of rotatable bonds is 7. The Kier molecular flexibility index (Phi) is 9.39. The highest BCUT2D eigenvalue weighted by Crippen LogP contribution is 2.33. The third kappa shape index (κ3) is 6.71. The van der Waals surface area contributed by atoms with Gasteiger partial charge in [0.05, 0.1) is 17.8 Å². The van der Waals surface area contributed by atoms with Gasteiger partial charge >= 0.3 is 23.3 Å². The van der Waals surface area contributed by atoms with Gasteiger partial charge in [-0.25, -0.2) is 14.4 Å². The van der Waals surface area contributed by atoms with Crippen molar-refractivity contribution in [2.24, 2.45) is 14.1 Å². The predicted molar refractivity (Wildman–Crippen MR) is 140 cm³/mol. The first-order valence-electron chi connectivity index (χ1n) is 11.9. The van der Waals surface area contributed by atoms with Crippen LogP contribution in [0.1, 0.15) is 6.42 Å². The van der Waals surface area contributed by atoms with Gasteiger partial charge in [0.2, 0.25) is 5.75 Å². The largest absolute Gasteiger partial charge is 0.486 e. The number of aromatic nitrogens is 2. The van der Waals surface area contributed by atoms with Gasteiger partial charge in [0.25, 0.3) is 5.56 Å². The Bertz CT molecular complexity index is 1590. The van der Waals surface area contributed by atoms with Crippen LogP contribution in [0, 0.1) is 10.1 Å². The zero-order valence-corrected chi connectivity index (χ0v) is 21.6. The molecule has 0 aliphatic carbocycles. The van der Waals surface area contributed by atoms with E-state index in [0.717, 1.165) is 17.7 Å². The summed E-state index contributed by atoms with van der Waals surface area (Å²) in [6, 6.07) is 5.33. The van der Waals surface area contributed by atoms with Crippen LogP contribution >= 0.6 is 0 Å². The SMILES string of the molecule is Cn1c(N2CCN(CCCOc3c([N+](=O)[O-])ccc4occc(=O)c34)CC2)cc(=O)n(C)c1=O.O=C(O)C(=O)O. The molecule has 1 aliphatic heterocycles. The average Bonchev–Trinajstić information content (AvgIpc) is 2.92. The molecule has 0 bridgehead atoms. The molecule has 0 saturated carbocycles. The predicted octanol–water partition coefficient (Wildman–Crippen LogP) is -0.155. The number of hydrogen-bond donors (Lipinski definition) is 2. The van der Waals surface area contributed by atoms with Crippen molar-refractivity contribution in [3.8, 4) is 5.75 Å². The van der Waals surface area contributed by atoms with Gasteiger partial charge in [-0.2, -0.15) is 0 Å². The van der Waals surface area contributed by atoms with Crippen molar-refractivity contribution in [2.45, 2.75) is 6.42 Å². The van der Waals surface area contributed by atoms with Crippen LogP contribution in [0.25, 0.3) is 11.0 Å². The van der Waals surface area contributed by atoms with E-state index in [-0.39, 0.29) is 40.3 Å². The Labute approximate surface area is 225 Å². The lowest BCUT2D eigenvalue weighted by atomic mass is 10.2. The van der Waals surface area contributed by atoms with E-state index in [1.54, 1.807) is 7.05 Å². The van der Waals surface area contributed by atoms with Gasteiger partial charge in [0, 0.05) is 65.0 Å². The summed E-state index contributed by atoms with van der Waals surface area (Å²) in [5.74, 6) is -3.13. The van der Waals surface area contributed by atoms with Gasteiger partial charge in [-0.15, -0.1) is 0 Å². The Hall–Kier alpha value is -4.99. The normalized spacial score (nSPS) is 13.4. The highest BCUT2D eigenvalue weighted by Gasteiger charge is 2.23. The number of fused-ring (bicyclic) bond motifs is 1. The molecule has 3 aromatic rings. The summed E-state index contributed by atoms with van der Waals surface area (Å²) in [7, 11) is 3.10. The number of piperazine rings is 1. The lowest BCUT2D eigenvalue weighted by molar-refractivity contribution is -0.385. The molecule has 2 N–H and O–H groups in total. The minimum Gasteiger partial charge on any atom is -0.486 e. The second-order valence-electron chi connectivity index (χ2n) is 8.71. The molecule has 0 unspecified atom stereocenters. The first-order chi connectivity index (χ1) is 18.9. The molecule has 214 valence electrons. The summed E-state index contributed by atoms with van der Waals surface area (Å²) >= 11 is 0. The monoisotopic (exact) mass is 561 g/mol. The quantitative estimate of drug-likeness (QED) is 0.167. The Balaban J connectivity index is 0.000000663. The van der Waals surface area contributed by atoms with Crippen molar-refractivity contribution in [2.75, 3.05) is 44.2 Å². The van der Waals surface area contributed by atoms with Gasteiger partial charge in [-0.1, -0.05) is 0 Å². The standard InChI is InChI=1S/C22H25N5O7.C2H2O4/c1-23-18(14-19(29)24(2)22(23)30)26-10-8-25(9-11-26)7-3-12-34-21-15(27(31)32)4-5-17-20(21)16(28)6-13-33-17;3-1(4)2(5)6/h4-6,13-14H,3,7-12H2,1-2H3;(H,3,4)(H,5,6). The molecule has 0 radical (unpaired) electrons. The molecule has 16 nitrogen and oxygen atoms in total. The minimum atomic E-state index is -1.82. The molecule has 16 heteroatoms. The lowest BCUT2D eigenvalue weighted by Gasteiger charge is -2.36. The fourth-order valence-electron chi connectivity index (χ4n) is 4.12. The second kappa shape index (κ2) is 12.7. The number of nitro groups is 1. The van der Waals surface area contributed by atoms with E-state index >= 15 is 0 Å². The average molecular weight is 562 g/mol. The fourth-order valence-corrected chi connectivity index (χ4v) is 4.12. The third-order valence-electron chi connectivity index (χ3n) is 6.20. The number of hydrogen-bond acceptors (Lipinski definition) is 11. The van der Waals surface area contributed by atoms with Crippen molar-refractivity contribution < 1.29 is 33.9 Å². The molecule has 4 rings (SSSR count). The Morgan fingerprint density at radius 1 is 1.02 bits per heavy atom. The zero-order valence-electron chi connectivity index (χ0n) is 21.6. The van der Waals surface area contributed by atoms with Crippen molar-refractivity contribution in [3.05, 3.63) is 71.7 Å². The van der Waals surface area contributed by atoms with E-state index in [4.69, 9.17) is 29.0 Å². The van der Waals surface area contributed by atoms with Gasteiger partial charge in [0.15, 0.2) is 5.43 Å². The topological polar surface area (TPSA) is 208 Å². The van der Waals surface area contributed by atoms with E-state index in [9.17, 15) is 24.5 Å². The van der Waals surface area contributed by atoms with Crippen LogP contribution in [0.2, 0.25) is 0 Å². The first-order valence-corrected chi connectivity index (χ1v) is 11.9. The van der Waals surface area contributed by atoms with Crippen molar-refractivity contribution in [3.63, 3.8) is 0 Å². The van der Waals surface area contributed by atoms with Crippen LogP contribution in [-0.2, 0) is 23.7 Å². The molecule has 1 aliphatic rings. The number of ether oxygens (including phenoxy) is 1. The van der Waals surface area contributed by atoms with Gasteiger partial charge < -0.3 is 24.3 Å². The molecule has 0 spiro atoms. The molecule has 2 aromatic heterocycles. The number of carboxylic acids is 2. The number of nitro benzene ring substituents is 1. The Morgan fingerprint density at radius 2 is 1.68 bits per heavy atom. The summed E-state index contributed by atoms with van der Waals surface area (Å²) in [5, 5.41) is 26.3. The van der Waals surface area contributed by atoms with Crippen LogP contribution in [-0.4, -0.2) is 80.4 Å². The Morgan fingerprint density at radius 3 is 2.27 bits per heavy atom. The van der Waals surface area contributed by atoms with Crippen molar-refractivity contribution >= 4 is 34.4 Å². The van der Waals surface area contributed by atoms with E-state index in [1.807, 2.05) is 4.90 Å². The molecular weight excluding hydrogens is 534 g/mol. The molecule has 40 heavy (non-hydrogen) atoms. The number of carboxylic acid groups (broad SMARTS) is 2. The summed E-state index contributed by atoms with van der Waals surface area (Å²) in [6.07, 6.45) is 1.83. The highest BCUT2D eigenvalue weighted by atomic mass is 16.6. The van der Waals surface area contributed by atoms with Gasteiger partial charge in [-0.3, -0.25) is 33.7 Å². The molecule has 1 saturated heterocycles. The molecular formula is C24H27N5O11. The number of anilines is 1. The van der Waals surface area contributed by atoms with Crippen molar-refractivity contribution in [1.29, 1.82) is 0 Å². The molecule has 1 aromatic carbocycles. The molecule has 0 amide bonds. The maximum Gasteiger partial charge on any atom is 0.414 e. The van der Waals surface area contributed by atoms with E-state index in [0.29, 0.717) is 31.9 Å². The van der Waals surface area contributed by atoms with Gasteiger partial charge in [-0.05, 0) is 12.5 Å². The number of nitrogens with zero attached hydrogens (tertiary/aromatic N) is 5. The summed E-state index contributed by atoms with van der Waals surface area (Å²) in [6.45, 7) is 3.63. The first kappa shape index (κ1) is 29.6. The van der Waals surface area contributed by atoms with Crippen LogP contribution in [0.5, 0.6) is 5.75 Å². The second-order valence-corrected chi connectivity index (χ2v) is 8.71. The maximum atomic E-state index is 12.3. The van der Waals surface area contributed by atoms with Crippen LogP contribution in [0.15, 0.2) is 49.3 Å². The molecule has 1 fully saturated rings. The van der Waals surface area contributed by atoms with Crippen LogP contribution in [0.4, 0.5) is 11.5 Å². The van der Waals surface area contributed by atoms with Crippen LogP contribution < -0.4 is 26.3 Å². The van der Waals surface area contributed by atoms with E-state index in [2.05, 4.69) is 4.90 Å². The molecule has 0 atom stereocenters. The summed E-state index contributed by atoms with van der Waals surface area (Å²) < 4.78 is 13.5. The zero-order chi connectivity index (χ0) is 29.6. The summed E-state index contributed by atoms with van der Waals surface area (Å²) in [5.41, 5.74) is -1.15. The number of benzene rings is 1. The summed E-state index contributed by atoms with van der Waals surface area (Å²) in [4.78, 5) is 69.7. The number of aliphatic carboxylic acids is 2. The highest BCUT2D eigenvalue weighted by molar-refractivity contribution is 6.27. The maximum absolute atomic E-state index is 12.3. The molecule has 3 heterocycles. The lowest BCUT2D eigenvalue weighted by Crippen LogP contribution is -2.49. The van der Waals surface area contributed by atoms with Crippen LogP contribution in [0.3, 0.4) is 0 Å². The number of carbonyl (C=O) groups is 2. The smallest absolute Gasteiger partial charge is 0.414 e. The van der Waals surface area contributed by atoms with Gasteiger partial charge in [0.1, 0.15) is 16.8 Å². The van der Waals surface area contributed by atoms with E-state index < -0.39 is 22.3 Å². The van der Waals surface area contributed by atoms with E-state index in [1.165, 1.54) is 42.1 Å². The third-order valence-corrected chi connectivity index (χ3v) is 6.20. The fraction of sp³-hybridized carbons (Fsp3) is 0.375.